The second kappa shape index (κ2) is 8.20. The average Bonchev–Trinajstić information content (AvgIpc) is 2.35. The summed E-state index contributed by atoms with van der Waals surface area (Å²) in [4.78, 5) is 0. The number of hydrogen-bond acceptors (Lipinski definition) is 3. The summed E-state index contributed by atoms with van der Waals surface area (Å²) in [5.74, 6) is 2.17. The number of hydrogen-bond donors (Lipinski definition) is 1. The molecule has 0 amide bonds. The monoisotopic (exact) mass is 234 g/mol. The number of thioether (sulfide) groups is 1. The number of rotatable bonds is 7. The Labute approximate surface area is 102 Å². The molecule has 0 aromatic heterocycles. The van der Waals surface area contributed by atoms with Crippen molar-refractivity contribution in [3.63, 3.8) is 0 Å². The van der Waals surface area contributed by atoms with Gasteiger partial charge in [-0.05, 0) is 23.5 Å². The summed E-state index contributed by atoms with van der Waals surface area (Å²) < 4.78 is 0. The van der Waals surface area contributed by atoms with Gasteiger partial charge in [-0.2, -0.15) is 17.0 Å². The predicted octanol–water partition coefficient (Wildman–Crippen LogP) is 2.81. The zero-order valence-electron chi connectivity index (χ0n) is 9.65. The maximum atomic E-state index is 8.98. The average molecular weight is 234 g/mol. The summed E-state index contributed by atoms with van der Waals surface area (Å²) in [5.41, 5.74) is 1.23. The maximum Gasteiger partial charge on any atom is 0.0963 e. The van der Waals surface area contributed by atoms with E-state index in [1.807, 2.05) is 30.0 Å². The van der Waals surface area contributed by atoms with Crippen molar-refractivity contribution in [1.82, 2.24) is 5.32 Å². The lowest BCUT2D eigenvalue weighted by Crippen LogP contribution is -2.27. The molecule has 0 saturated heterocycles. The lowest BCUT2D eigenvalue weighted by atomic mass is 10.2. The van der Waals surface area contributed by atoms with Gasteiger partial charge < -0.3 is 0 Å². The number of nitrogens with zero attached hydrogens (tertiary/aromatic N) is 1. The van der Waals surface area contributed by atoms with Gasteiger partial charge >= 0.3 is 0 Å². The molecule has 0 heterocycles. The Morgan fingerprint density at radius 2 is 2.12 bits per heavy atom. The van der Waals surface area contributed by atoms with Gasteiger partial charge in [-0.1, -0.05) is 37.3 Å². The summed E-state index contributed by atoms with van der Waals surface area (Å²) in [5, 5.41) is 12.3. The summed E-state index contributed by atoms with van der Waals surface area (Å²) >= 11 is 1.88. The van der Waals surface area contributed by atoms with Gasteiger partial charge in [0.25, 0.3) is 0 Å². The zero-order valence-corrected chi connectivity index (χ0v) is 10.5. The van der Waals surface area contributed by atoms with E-state index in [4.69, 9.17) is 5.26 Å². The Kier molecular flexibility index (Phi) is 6.71. The van der Waals surface area contributed by atoms with Crippen molar-refractivity contribution in [2.45, 2.75) is 25.9 Å². The van der Waals surface area contributed by atoms with E-state index in [0.717, 1.165) is 24.5 Å². The van der Waals surface area contributed by atoms with E-state index in [2.05, 4.69) is 30.4 Å². The molecular formula is C13H18N2S. The minimum atomic E-state index is -0.0285. The highest BCUT2D eigenvalue weighted by Crippen LogP contribution is 2.05. The van der Waals surface area contributed by atoms with E-state index >= 15 is 0 Å². The Morgan fingerprint density at radius 1 is 1.38 bits per heavy atom. The highest BCUT2D eigenvalue weighted by atomic mass is 32.2. The van der Waals surface area contributed by atoms with Crippen molar-refractivity contribution in [1.29, 1.82) is 5.26 Å². The minimum absolute atomic E-state index is 0.0285. The van der Waals surface area contributed by atoms with Crippen molar-refractivity contribution in [2.24, 2.45) is 0 Å². The second-order valence-corrected chi connectivity index (χ2v) is 4.93. The van der Waals surface area contributed by atoms with Gasteiger partial charge in [0.15, 0.2) is 0 Å². The lowest BCUT2D eigenvalue weighted by molar-refractivity contribution is 0.590. The molecule has 0 aliphatic heterocycles. The summed E-state index contributed by atoms with van der Waals surface area (Å²) in [7, 11) is 0. The van der Waals surface area contributed by atoms with Crippen molar-refractivity contribution in [2.75, 3.05) is 11.5 Å². The SMILES string of the molecule is CCSCCC(C#N)NCc1ccccc1. The van der Waals surface area contributed by atoms with Crippen LogP contribution in [0.2, 0.25) is 0 Å². The van der Waals surface area contributed by atoms with Crippen LogP contribution in [0.4, 0.5) is 0 Å². The Balaban J connectivity index is 2.27. The lowest BCUT2D eigenvalue weighted by Gasteiger charge is -2.10. The van der Waals surface area contributed by atoms with Crippen molar-refractivity contribution in [3.8, 4) is 6.07 Å². The number of benzene rings is 1. The minimum Gasteiger partial charge on any atom is -0.298 e. The first kappa shape index (κ1) is 13.1. The summed E-state index contributed by atoms with van der Waals surface area (Å²) in [6.07, 6.45) is 0.918. The van der Waals surface area contributed by atoms with Gasteiger partial charge in [-0.25, -0.2) is 0 Å². The Hall–Kier alpha value is -0.980. The maximum absolute atomic E-state index is 8.98. The van der Waals surface area contributed by atoms with E-state index in [1.165, 1.54) is 5.56 Å². The highest BCUT2D eigenvalue weighted by molar-refractivity contribution is 7.99. The predicted molar refractivity (Wildman–Crippen MR) is 70.3 cm³/mol. The molecule has 0 bridgehead atoms. The van der Waals surface area contributed by atoms with Gasteiger partial charge in [0.1, 0.15) is 0 Å². The molecule has 86 valence electrons. The third-order valence-electron chi connectivity index (χ3n) is 2.31. The van der Waals surface area contributed by atoms with Crippen LogP contribution in [0.5, 0.6) is 0 Å². The summed E-state index contributed by atoms with van der Waals surface area (Å²) in [6.45, 7) is 2.92. The van der Waals surface area contributed by atoms with Crippen LogP contribution in [0, 0.1) is 11.3 Å². The molecule has 1 N–H and O–H groups in total. The zero-order chi connectivity index (χ0) is 11.6. The highest BCUT2D eigenvalue weighted by Gasteiger charge is 2.05. The van der Waals surface area contributed by atoms with Gasteiger partial charge in [-0.3, -0.25) is 5.32 Å². The van der Waals surface area contributed by atoms with E-state index in [-0.39, 0.29) is 6.04 Å². The fraction of sp³-hybridized carbons (Fsp3) is 0.462. The van der Waals surface area contributed by atoms with Crippen molar-refractivity contribution < 1.29 is 0 Å². The molecule has 0 fully saturated rings. The van der Waals surface area contributed by atoms with Crippen LogP contribution in [-0.2, 0) is 6.54 Å². The van der Waals surface area contributed by atoms with E-state index in [9.17, 15) is 0 Å². The Morgan fingerprint density at radius 3 is 2.75 bits per heavy atom. The topological polar surface area (TPSA) is 35.8 Å². The van der Waals surface area contributed by atoms with Crippen molar-refractivity contribution in [3.05, 3.63) is 35.9 Å². The Bertz CT molecular complexity index is 318. The first-order valence-electron chi connectivity index (χ1n) is 5.61. The van der Waals surface area contributed by atoms with E-state index in [0.29, 0.717) is 0 Å². The fourth-order valence-corrected chi connectivity index (χ4v) is 2.09. The molecule has 2 nitrogen and oxygen atoms in total. The molecule has 1 atom stereocenters. The van der Waals surface area contributed by atoms with Crippen LogP contribution in [0.15, 0.2) is 30.3 Å². The van der Waals surface area contributed by atoms with Crippen LogP contribution in [0.25, 0.3) is 0 Å². The van der Waals surface area contributed by atoms with Gasteiger partial charge in [-0.15, -0.1) is 0 Å². The molecule has 0 radical (unpaired) electrons. The molecule has 0 aliphatic rings. The van der Waals surface area contributed by atoms with Crippen LogP contribution in [0.1, 0.15) is 18.9 Å². The van der Waals surface area contributed by atoms with Crippen LogP contribution >= 0.6 is 11.8 Å². The standard InChI is InChI=1S/C13H18N2S/c1-2-16-9-8-13(10-14)15-11-12-6-4-3-5-7-12/h3-7,13,15H,2,8-9,11H2,1H3. The molecule has 1 unspecified atom stereocenters. The normalized spacial score (nSPS) is 12.0. The molecule has 0 aliphatic carbocycles. The second-order valence-electron chi connectivity index (χ2n) is 3.53. The molecule has 1 aromatic carbocycles. The van der Waals surface area contributed by atoms with E-state index in [1.54, 1.807) is 0 Å². The molecule has 1 aromatic rings. The molecule has 0 saturated carbocycles. The van der Waals surface area contributed by atoms with Crippen LogP contribution < -0.4 is 5.32 Å². The van der Waals surface area contributed by atoms with Gasteiger partial charge in [0.05, 0.1) is 12.1 Å². The van der Waals surface area contributed by atoms with Gasteiger partial charge in [0.2, 0.25) is 0 Å². The largest absolute Gasteiger partial charge is 0.298 e. The third-order valence-corrected chi connectivity index (χ3v) is 3.24. The molecular weight excluding hydrogens is 216 g/mol. The van der Waals surface area contributed by atoms with Crippen molar-refractivity contribution >= 4 is 11.8 Å². The van der Waals surface area contributed by atoms with E-state index < -0.39 is 0 Å². The number of nitrogens with one attached hydrogen (secondary N) is 1. The van der Waals surface area contributed by atoms with Gasteiger partial charge in [0, 0.05) is 6.54 Å². The first-order valence-corrected chi connectivity index (χ1v) is 6.77. The third kappa shape index (κ3) is 5.20. The summed E-state index contributed by atoms with van der Waals surface area (Å²) in [6, 6.07) is 12.5. The molecule has 3 heteroatoms. The molecule has 16 heavy (non-hydrogen) atoms. The smallest absolute Gasteiger partial charge is 0.0963 e. The fourth-order valence-electron chi connectivity index (χ4n) is 1.39. The van der Waals surface area contributed by atoms with Crippen LogP contribution in [0.3, 0.4) is 0 Å². The number of nitriles is 1. The van der Waals surface area contributed by atoms with Crippen LogP contribution in [-0.4, -0.2) is 17.5 Å². The quantitative estimate of drug-likeness (QED) is 0.737. The first-order chi connectivity index (χ1) is 7.86. The molecule has 0 spiro atoms. The molecule has 1 rings (SSSR count).